The lowest BCUT2D eigenvalue weighted by Gasteiger charge is -2.21. The molecular weight excluding hydrogens is 226 g/mol. The summed E-state index contributed by atoms with van der Waals surface area (Å²) in [6, 6.07) is 4.14. The van der Waals surface area contributed by atoms with Gasteiger partial charge in [0.2, 0.25) is 0 Å². The van der Waals surface area contributed by atoms with Gasteiger partial charge in [-0.2, -0.15) is 0 Å². The zero-order chi connectivity index (χ0) is 11.1. The summed E-state index contributed by atoms with van der Waals surface area (Å²) in [5, 5.41) is 11.9. The van der Waals surface area contributed by atoms with Crippen LogP contribution in [0.25, 0.3) is 0 Å². The fraction of sp³-hybridized carbons (Fsp3) is 0.636. The van der Waals surface area contributed by atoms with Gasteiger partial charge >= 0.3 is 0 Å². The van der Waals surface area contributed by atoms with Gasteiger partial charge in [-0.1, -0.05) is 19.9 Å². The predicted octanol–water partition coefficient (Wildman–Crippen LogP) is 2.54. The van der Waals surface area contributed by atoms with E-state index in [-0.39, 0.29) is 6.10 Å². The van der Waals surface area contributed by atoms with Gasteiger partial charge in [0.15, 0.2) is 0 Å². The number of hydrogen-bond donors (Lipinski definition) is 1. The van der Waals surface area contributed by atoms with Crippen LogP contribution in [0.4, 0.5) is 0 Å². The third-order valence-electron chi connectivity index (χ3n) is 2.28. The van der Waals surface area contributed by atoms with Gasteiger partial charge in [0, 0.05) is 12.3 Å². The second-order valence-electron chi connectivity index (χ2n) is 3.38. The van der Waals surface area contributed by atoms with Crippen molar-refractivity contribution in [3.63, 3.8) is 0 Å². The highest BCUT2D eigenvalue weighted by atomic mass is 32.2. The van der Waals surface area contributed by atoms with Gasteiger partial charge in [0.05, 0.1) is 10.3 Å². The first kappa shape index (κ1) is 13.0. The second kappa shape index (κ2) is 7.28. The van der Waals surface area contributed by atoms with E-state index in [4.69, 9.17) is 0 Å². The number of aliphatic hydroxyl groups is 1. The van der Waals surface area contributed by atoms with Crippen molar-refractivity contribution < 1.29 is 5.11 Å². The zero-order valence-electron chi connectivity index (χ0n) is 9.35. The third-order valence-corrected chi connectivity index (χ3v) is 4.55. The molecule has 1 N–H and O–H groups in total. The van der Waals surface area contributed by atoms with Crippen molar-refractivity contribution in [3.05, 3.63) is 17.5 Å². The molecule has 0 unspecified atom stereocenters. The zero-order valence-corrected chi connectivity index (χ0v) is 11.0. The Morgan fingerprint density at radius 1 is 1.47 bits per heavy atom. The van der Waals surface area contributed by atoms with Crippen molar-refractivity contribution in [3.8, 4) is 0 Å². The van der Waals surface area contributed by atoms with Crippen LogP contribution >= 0.6 is 23.1 Å². The molecule has 4 heteroatoms. The summed E-state index contributed by atoms with van der Waals surface area (Å²) >= 11 is 3.47. The monoisotopic (exact) mass is 245 g/mol. The SMILES string of the molecule is CCN(CC)C[C@H](O)CSc1cccs1. The molecule has 0 aliphatic rings. The maximum Gasteiger partial charge on any atom is 0.0761 e. The lowest BCUT2D eigenvalue weighted by molar-refractivity contribution is 0.137. The molecule has 0 saturated carbocycles. The van der Waals surface area contributed by atoms with Crippen molar-refractivity contribution in [2.45, 2.75) is 24.2 Å². The van der Waals surface area contributed by atoms with Crippen LogP contribution in [0, 0.1) is 0 Å². The van der Waals surface area contributed by atoms with Gasteiger partial charge in [-0.15, -0.1) is 23.1 Å². The Morgan fingerprint density at radius 2 is 2.20 bits per heavy atom. The van der Waals surface area contributed by atoms with Gasteiger partial charge in [0.1, 0.15) is 0 Å². The molecule has 15 heavy (non-hydrogen) atoms. The molecule has 2 nitrogen and oxygen atoms in total. The van der Waals surface area contributed by atoms with Gasteiger partial charge in [-0.05, 0) is 24.5 Å². The van der Waals surface area contributed by atoms with E-state index in [0.29, 0.717) is 0 Å². The second-order valence-corrected chi connectivity index (χ2v) is 5.65. The molecule has 0 fully saturated rings. The standard InChI is InChI=1S/C11H19NOS2/c1-3-12(4-2)8-10(13)9-15-11-6-5-7-14-11/h5-7,10,13H,3-4,8-9H2,1-2H3/t10-/m0/s1. The average Bonchev–Trinajstić information content (AvgIpc) is 2.75. The highest BCUT2D eigenvalue weighted by Gasteiger charge is 2.09. The normalized spacial score (nSPS) is 13.3. The number of nitrogens with zero attached hydrogens (tertiary/aromatic N) is 1. The molecule has 0 aliphatic heterocycles. The predicted molar refractivity (Wildman–Crippen MR) is 68.8 cm³/mol. The molecule has 1 aromatic heterocycles. The van der Waals surface area contributed by atoms with Gasteiger partial charge in [0.25, 0.3) is 0 Å². The van der Waals surface area contributed by atoms with Crippen LogP contribution in [0.1, 0.15) is 13.8 Å². The lowest BCUT2D eigenvalue weighted by Crippen LogP contribution is -2.33. The van der Waals surface area contributed by atoms with Crippen molar-refractivity contribution in [2.24, 2.45) is 0 Å². The first-order valence-corrected chi connectivity index (χ1v) is 7.19. The van der Waals surface area contributed by atoms with Crippen molar-refractivity contribution >= 4 is 23.1 Å². The first-order chi connectivity index (χ1) is 7.26. The first-order valence-electron chi connectivity index (χ1n) is 5.33. The minimum absolute atomic E-state index is 0.225. The number of likely N-dealkylation sites (N-methyl/N-ethyl adjacent to an activating group) is 1. The van der Waals surface area contributed by atoms with Crippen LogP contribution in [-0.2, 0) is 0 Å². The number of rotatable bonds is 7. The van der Waals surface area contributed by atoms with Crippen molar-refractivity contribution in [1.29, 1.82) is 0 Å². The van der Waals surface area contributed by atoms with Gasteiger partial charge in [-0.25, -0.2) is 0 Å². The number of aliphatic hydroxyl groups excluding tert-OH is 1. The highest BCUT2D eigenvalue weighted by Crippen LogP contribution is 2.23. The Kier molecular flexibility index (Phi) is 6.32. The van der Waals surface area contributed by atoms with E-state index in [1.54, 1.807) is 23.1 Å². The van der Waals surface area contributed by atoms with E-state index in [1.165, 1.54) is 4.21 Å². The third kappa shape index (κ3) is 5.02. The fourth-order valence-corrected chi connectivity index (χ4v) is 3.08. The van der Waals surface area contributed by atoms with Crippen LogP contribution in [0.3, 0.4) is 0 Å². The van der Waals surface area contributed by atoms with Crippen molar-refractivity contribution in [2.75, 3.05) is 25.4 Å². The molecule has 0 radical (unpaired) electrons. The summed E-state index contributed by atoms with van der Waals surface area (Å²) in [5.41, 5.74) is 0. The topological polar surface area (TPSA) is 23.5 Å². The highest BCUT2D eigenvalue weighted by molar-refractivity contribution is 8.01. The molecule has 0 spiro atoms. The van der Waals surface area contributed by atoms with E-state index in [1.807, 2.05) is 6.07 Å². The molecule has 0 aromatic carbocycles. The van der Waals surface area contributed by atoms with E-state index >= 15 is 0 Å². The van der Waals surface area contributed by atoms with Crippen molar-refractivity contribution in [1.82, 2.24) is 4.90 Å². The summed E-state index contributed by atoms with van der Waals surface area (Å²) in [5.74, 6) is 0.789. The average molecular weight is 245 g/mol. The summed E-state index contributed by atoms with van der Waals surface area (Å²) in [6.07, 6.45) is -0.225. The van der Waals surface area contributed by atoms with Crippen LogP contribution in [0.2, 0.25) is 0 Å². The van der Waals surface area contributed by atoms with Gasteiger partial charge < -0.3 is 10.0 Å². The Bertz CT molecular complexity index is 247. The fourth-order valence-electron chi connectivity index (χ4n) is 1.36. The Hall–Kier alpha value is -0.0300. The molecule has 0 saturated heterocycles. The molecule has 0 bridgehead atoms. The maximum absolute atomic E-state index is 9.82. The van der Waals surface area contributed by atoms with Crippen LogP contribution in [0.5, 0.6) is 0 Å². The maximum atomic E-state index is 9.82. The lowest BCUT2D eigenvalue weighted by atomic mass is 10.3. The van der Waals surface area contributed by atoms with Crippen LogP contribution in [0.15, 0.2) is 21.7 Å². The van der Waals surface area contributed by atoms with E-state index in [2.05, 4.69) is 30.2 Å². The molecular formula is C11H19NOS2. The van der Waals surface area contributed by atoms with E-state index in [0.717, 1.165) is 25.4 Å². The molecule has 1 atom stereocenters. The molecule has 0 aliphatic carbocycles. The Labute approximate surface area is 100 Å². The summed E-state index contributed by atoms with van der Waals surface area (Å²) in [4.78, 5) is 2.25. The quantitative estimate of drug-likeness (QED) is 0.747. The molecule has 1 rings (SSSR count). The van der Waals surface area contributed by atoms with Crippen LogP contribution in [-0.4, -0.2) is 41.5 Å². The summed E-state index contributed by atoms with van der Waals surface area (Å²) in [7, 11) is 0. The number of hydrogen-bond acceptors (Lipinski definition) is 4. The minimum Gasteiger partial charge on any atom is -0.391 e. The number of thioether (sulfide) groups is 1. The smallest absolute Gasteiger partial charge is 0.0761 e. The van der Waals surface area contributed by atoms with E-state index in [9.17, 15) is 5.11 Å². The Balaban J connectivity index is 2.21. The largest absolute Gasteiger partial charge is 0.391 e. The molecule has 86 valence electrons. The van der Waals surface area contributed by atoms with Gasteiger partial charge in [-0.3, -0.25) is 0 Å². The number of thiophene rings is 1. The molecule has 0 amide bonds. The Morgan fingerprint density at radius 3 is 2.73 bits per heavy atom. The van der Waals surface area contributed by atoms with E-state index < -0.39 is 0 Å². The molecule has 1 heterocycles. The molecule has 1 aromatic rings. The van der Waals surface area contributed by atoms with Crippen LogP contribution < -0.4 is 0 Å². The summed E-state index contributed by atoms with van der Waals surface area (Å²) in [6.45, 7) is 7.06. The minimum atomic E-state index is -0.225. The summed E-state index contributed by atoms with van der Waals surface area (Å²) < 4.78 is 1.29.